The van der Waals surface area contributed by atoms with Gasteiger partial charge in [0.1, 0.15) is 12.4 Å². The van der Waals surface area contributed by atoms with Crippen LogP contribution in [0.2, 0.25) is 10.0 Å². The predicted molar refractivity (Wildman–Crippen MR) is 120 cm³/mol. The maximum atomic E-state index is 13.3. The summed E-state index contributed by atoms with van der Waals surface area (Å²) in [6, 6.07) is 17.2. The second kappa shape index (κ2) is 8.50. The average molecular weight is 442 g/mol. The molecule has 0 saturated carbocycles. The standard InChI is InChI=1S/C24H18Cl2FNO2/c1-2-28-22-9-4-3-8-18(22)19(24(28)29)11-16-12-20(25)23(21(26)13-16)30-14-15-6-5-7-17(27)10-15/h3-13H,2,14H2,1H3/b19-11-. The molecule has 1 aliphatic heterocycles. The van der Waals surface area contributed by atoms with Gasteiger partial charge in [0, 0.05) is 17.7 Å². The van der Waals surface area contributed by atoms with Gasteiger partial charge in [-0.3, -0.25) is 4.79 Å². The molecule has 0 atom stereocenters. The lowest BCUT2D eigenvalue weighted by molar-refractivity contribution is -0.112. The van der Waals surface area contributed by atoms with Crippen LogP contribution in [0.15, 0.2) is 60.7 Å². The zero-order valence-electron chi connectivity index (χ0n) is 16.2. The van der Waals surface area contributed by atoms with Crippen LogP contribution in [0.1, 0.15) is 23.6 Å². The van der Waals surface area contributed by atoms with Crippen molar-refractivity contribution in [3.05, 3.63) is 93.2 Å². The smallest absolute Gasteiger partial charge is 0.258 e. The zero-order chi connectivity index (χ0) is 21.3. The first-order valence-electron chi connectivity index (χ1n) is 9.47. The second-order valence-corrected chi connectivity index (χ2v) is 7.67. The third-order valence-corrected chi connectivity index (χ3v) is 5.44. The Balaban J connectivity index is 1.63. The number of hydrogen-bond donors (Lipinski definition) is 0. The van der Waals surface area contributed by atoms with E-state index in [1.807, 2.05) is 31.2 Å². The summed E-state index contributed by atoms with van der Waals surface area (Å²) in [5.74, 6) is -0.0756. The highest BCUT2D eigenvalue weighted by Gasteiger charge is 2.30. The van der Waals surface area contributed by atoms with Crippen molar-refractivity contribution in [1.82, 2.24) is 0 Å². The zero-order valence-corrected chi connectivity index (χ0v) is 17.7. The molecular weight excluding hydrogens is 424 g/mol. The molecule has 0 spiro atoms. The molecule has 3 aromatic rings. The van der Waals surface area contributed by atoms with Crippen LogP contribution in [0.3, 0.4) is 0 Å². The SMILES string of the molecule is CCN1C(=O)/C(=C\c2cc(Cl)c(OCc3cccc(F)c3)c(Cl)c2)c2ccccc21. The Bertz CT molecular complexity index is 1140. The number of nitrogens with zero attached hydrogens (tertiary/aromatic N) is 1. The molecule has 1 amide bonds. The number of benzene rings is 3. The normalized spacial score (nSPS) is 14.3. The lowest BCUT2D eigenvalue weighted by atomic mass is 10.0. The molecule has 3 nitrogen and oxygen atoms in total. The third kappa shape index (κ3) is 3.93. The molecule has 1 aliphatic rings. The van der Waals surface area contributed by atoms with E-state index in [9.17, 15) is 9.18 Å². The van der Waals surface area contributed by atoms with E-state index in [1.165, 1.54) is 12.1 Å². The molecule has 4 rings (SSSR count). The Labute approximate surface area is 184 Å². The Morgan fingerprint density at radius 1 is 1.03 bits per heavy atom. The van der Waals surface area contributed by atoms with Gasteiger partial charge >= 0.3 is 0 Å². The molecule has 0 fully saturated rings. The summed E-state index contributed by atoms with van der Waals surface area (Å²) in [6.07, 6.45) is 1.78. The molecule has 3 aromatic carbocycles. The molecule has 0 N–H and O–H groups in total. The minimum absolute atomic E-state index is 0.0580. The van der Waals surface area contributed by atoms with Crippen LogP contribution >= 0.6 is 23.2 Å². The van der Waals surface area contributed by atoms with E-state index in [-0.39, 0.29) is 18.3 Å². The highest BCUT2D eigenvalue weighted by atomic mass is 35.5. The maximum Gasteiger partial charge on any atom is 0.258 e. The van der Waals surface area contributed by atoms with Crippen LogP contribution in [0.5, 0.6) is 5.75 Å². The van der Waals surface area contributed by atoms with E-state index < -0.39 is 0 Å². The minimum atomic E-state index is -0.335. The number of carbonyl (C=O) groups excluding carboxylic acids is 1. The number of likely N-dealkylation sites (N-methyl/N-ethyl adjacent to an activating group) is 1. The van der Waals surface area contributed by atoms with E-state index in [4.69, 9.17) is 27.9 Å². The molecule has 1 heterocycles. The number of anilines is 1. The Morgan fingerprint density at radius 3 is 2.47 bits per heavy atom. The van der Waals surface area contributed by atoms with Crippen LogP contribution in [-0.2, 0) is 11.4 Å². The van der Waals surface area contributed by atoms with Gasteiger partial charge in [-0.15, -0.1) is 0 Å². The van der Waals surface area contributed by atoms with Gasteiger partial charge < -0.3 is 9.64 Å². The highest BCUT2D eigenvalue weighted by Crippen LogP contribution is 2.40. The van der Waals surface area contributed by atoms with Crippen molar-refractivity contribution in [2.75, 3.05) is 11.4 Å². The van der Waals surface area contributed by atoms with Crippen molar-refractivity contribution < 1.29 is 13.9 Å². The van der Waals surface area contributed by atoms with E-state index in [2.05, 4.69) is 0 Å². The summed E-state index contributed by atoms with van der Waals surface area (Å²) >= 11 is 12.8. The summed E-state index contributed by atoms with van der Waals surface area (Å²) in [5.41, 5.74) is 3.72. The van der Waals surface area contributed by atoms with Gasteiger partial charge in [-0.1, -0.05) is 53.5 Å². The van der Waals surface area contributed by atoms with Crippen molar-refractivity contribution in [2.24, 2.45) is 0 Å². The summed E-state index contributed by atoms with van der Waals surface area (Å²) in [6.45, 7) is 2.66. The fourth-order valence-corrected chi connectivity index (χ4v) is 4.12. The number of amides is 1. The van der Waals surface area contributed by atoms with E-state index in [0.29, 0.717) is 39.0 Å². The summed E-state index contributed by atoms with van der Waals surface area (Å²) in [5, 5.41) is 0.633. The van der Waals surface area contributed by atoms with Gasteiger partial charge in [0.2, 0.25) is 0 Å². The first-order valence-corrected chi connectivity index (χ1v) is 10.2. The van der Waals surface area contributed by atoms with E-state index >= 15 is 0 Å². The van der Waals surface area contributed by atoms with E-state index in [0.717, 1.165) is 11.3 Å². The van der Waals surface area contributed by atoms with Crippen molar-refractivity contribution in [3.63, 3.8) is 0 Å². The molecule has 0 bridgehead atoms. The third-order valence-electron chi connectivity index (χ3n) is 4.88. The van der Waals surface area contributed by atoms with E-state index in [1.54, 1.807) is 35.2 Å². The first-order chi connectivity index (χ1) is 14.5. The maximum absolute atomic E-state index is 13.3. The largest absolute Gasteiger partial charge is 0.486 e. The molecule has 30 heavy (non-hydrogen) atoms. The van der Waals surface area contributed by atoms with Gasteiger partial charge in [-0.05, 0) is 54.5 Å². The number of para-hydroxylation sites is 1. The van der Waals surface area contributed by atoms with Crippen LogP contribution in [-0.4, -0.2) is 12.5 Å². The molecule has 0 unspecified atom stereocenters. The predicted octanol–water partition coefficient (Wildman–Crippen LogP) is 6.62. The Kier molecular flexibility index (Phi) is 5.80. The van der Waals surface area contributed by atoms with Crippen LogP contribution < -0.4 is 9.64 Å². The van der Waals surface area contributed by atoms with Gasteiger partial charge in [0.25, 0.3) is 5.91 Å². The van der Waals surface area contributed by atoms with Crippen LogP contribution in [0.4, 0.5) is 10.1 Å². The molecule has 0 aliphatic carbocycles. The highest BCUT2D eigenvalue weighted by molar-refractivity contribution is 6.38. The number of ether oxygens (including phenoxy) is 1. The monoisotopic (exact) mass is 441 g/mol. The average Bonchev–Trinajstić information content (AvgIpc) is 2.98. The Hall–Kier alpha value is -2.82. The van der Waals surface area contributed by atoms with Crippen LogP contribution in [0, 0.1) is 5.82 Å². The van der Waals surface area contributed by atoms with Crippen molar-refractivity contribution >= 4 is 46.4 Å². The molecular formula is C24H18Cl2FNO2. The minimum Gasteiger partial charge on any atom is -0.486 e. The molecule has 0 saturated heterocycles. The van der Waals surface area contributed by atoms with Gasteiger partial charge in [-0.25, -0.2) is 4.39 Å². The first kappa shape index (κ1) is 20.5. The number of halogens is 3. The molecule has 0 radical (unpaired) electrons. The number of fused-ring (bicyclic) bond motifs is 1. The van der Waals surface area contributed by atoms with Crippen molar-refractivity contribution in [3.8, 4) is 5.75 Å². The molecule has 152 valence electrons. The topological polar surface area (TPSA) is 29.5 Å². The number of hydrogen-bond acceptors (Lipinski definition) is 2. The van der Waals surface area contributed by atoms with Crippen molar-refractivity contribution in [2.45, 2.75) is 13.5 Å². The summed E-state index contributed by atoms with van der Waals surface area (Å²) < 4.78 is 19.1. The lowest BCUT2D eigenvalue weighted by Crippen LogP contribution is -2.25. The molecule has 6 heteroatoms. The Morgan fingerprint density at radius 2 is 1.77 bits per heavy atom. The summed E-state index contributed by atoms with van der Waals surface area (Å²) in [4.78, 5) is 14.6. The van der Waals surface area contributed by atoms with Crippen molar-refractivity contribution in [1.29, 1.82) is 0 Å². The second-order valence-electron chi connectivity index (χ2n) is 6.86. The van der Waals surface area contributed by atoms with Gasteiger partial charge in [0.05, 0.1) is 15.7 Å². The quantitative estimate of drug-likeness (QED) is 0.416. The van der Waals surface area contributed by atoms with Gasteiger partial charge in [-0.2, -0.15) is 0 Å². The fourth-order valence-electron chi connectivity index (χ4n) is 3.51. The number of carbonyl (C=O) groups is 1. The number of rotatable bonds is 5. The fraction of sp³-hybridized carbons (Fsp3) is 0.125. The molecule has 0 aromatic heterocycles. The van der Waals surface area contributed by atoms with Gasteiger partial charge in [0.15, 0.2) is 5.75 Å². The van der Waals surface area contributed by atoms with Crippen LogP contribution in [0.25, 0.3) is 11.6 Å². The lowest BCUT2D eigenvalue weighted by Gasteiger charge is -2.13. The summed E-state index contributed by atoms with van der Waals surface area (Å²) in [7, 11) is 0.